The van der Waals surface area contributed by atoms with E-state index < -0.39 is 0 Å². The molecule has 9 aromatic rings. The molecule has 46 heavy (non-hydrogen) atoms. The van der Waals surface area contributed by atoms with Crippen molar-refractivity contribution in [2.45, 2.75) is 0 Å². The molecule has 2 heteroatoms. The van der Waals surface area contributed by atoms with E-state index in [1.54, 1.807) is 0 Å². The molecule has 2 heterocycles. The van der Waals surface area contributed by atoms with Crippen LogP contribution in [0, 0.1) is 0 Å². The lowest BCUT2D eigenvalue weighted by molar-refractivity contribution is 1.13. The molecule has 0 N–H and O–H groups in total. The normalized spacial score (nSPS) is 11.5. The molecular weight excluding hydrogens is 556 g/mol. The van der Waals surface area contributed by atoms with Gasteiger partial charge in [-0.15, -0.1) is 0 Å². The van der Waals surface area contributed by atoms with Crippen molar-refractivity contribution in [2.24, 2.45) is 0 Å². The zero-order valence-electron chi connectivity index (χ0n) is 25.2. The third-order valence-corrected chi connectivity index (χ3v) is 9.09. The Labute approximate surface area is 268 Å². The van der Waals surface area contributed by atoms with E-state index in [0.29, 0.717) is 0 Å². The Morgan fingerprint density at radius 3 is 1.28 bits per heavy atom. The van der Waals surface area contributed by atoms with Gasteiger partial charge in [0.15, 0.2) is 0 Å². The SMILES string of the molecule is c1ccc(-c2cc3ccc(-c4ccc5cc(-c6ccccc6)n(-c6ccc7ccccc7c6)c5c4)cc3n2-c2ccccc2)cc1. The maximum absolute atomic E-state index is 2.42. The van der Waals surface area contributed by atoms with E-state index in [0.717, 1.165) is 11.4 Å². The van der Waals surface area contributed by atoms with Crippen LogP contribution in [0.15, 0.2) is 182 Å². The molecule has 0 unspecified atom stereocenters. The van der Waals surface area contributed by atoms with Gasteiger partial charge in [-0.2, -0.15) is 0 Å². The zero-order valence-corrected chi connectivity index (χ0v) is 25.2. The molecule has 0 spiro atoms. The van der Waals surface area contributed by atoms with Crippen LogP contribution >= 0.6 is 0 Å². The van der Waals surface area contributed by atoms with Crippen LogP contribution in [0.1, 0.15) is 0 Å². The quantitative estimate of drug-likeness (QED) is 0.190. The Bertz CT molecular complexity index is 2500. The number of hydrogen-bond donors (Lipinski definition) is 0. The molecule has 0 bridgehead atoms. The summed E-state index contributed by atoms with van der Waals surface area (Å²) in [5.74, 6) is 0. The number of benzene rings is 7. The number of rotatable bonds is 5. The fourth-order valence-electron chi connectivity index (χ4n) is 6.85. The predicted octanol–water partition coefficient (Wildman–Crippen LogP) is 11.7. The Kier molecular flexibility index (Phi) is 6.17. The van der Waals surface area contributed by atoms with Crippen molar-refractivity contribution >= 4 is 32.6 Å². The summed E-state index contributed by atoms with van der Waals surface area (Å²) in [4.78, 5) is 0. The zero-order chi connectivity index (χ0) is 30.5. The predicted molar refractivity (Wildman–Crippen MR) is 194 cm³/mol. The van der Waals surface area contributed by atoms with Crippen LogP contribution in [0.4, 0.5) is 0 Å². The molecule has 0 aliphatic rings. The van der Waals surface area contributed by atoms with Gasteiger partial charge in [0.2, 0.25) is 0 Å². The lowest BCUT2D eigenvalue weighted by atomic mass is 10.0. The molecule has 0 aliphatic carbocycles. The molecule has 216 valence electrons. The monoisotopic (exact) mass is 586 g/mol. The minimum Gasteiger partial charge on any atom is -0.309 e. The van der Waals surface area contributed by atoms with E-state index in [1.165, 1.54) is 66.2 Å². The smallest absolute Gasteiger partial charge is 0.0541 e. The van der Waals surface area contributed by atoms with E-state index in [1.807, 2.05) is 0 Å². The molecule has 0 atom stereocenters. The van der Waals surface area contributed by atoms with Gasteiger partial charge in [-0.3, -0.25) is 0 Å². The van der Waals surface area contributed by atoms with Crippen molar-refractivity contribution in [1.29, 1.82) is 0 Å². The van der Waals surface area contributed by atoms with Crippen molar-refractivity contribution in [3.8, 4) is 45.0 Å². The molecule has 7 aromatic carbocycles. The highest BCUT2D eigenvalue weighted by atomic mass is 15.0. The topological polar surface area (TPSA) is 9.86 Å². The first-order valence-corrected chi connectivity index (χ1v) is 15.8. The van der Waals surface area contributed by atoms with Crippen LogP contribution in [0.5, 0.6) is 0 Å². The van der Waals surface area contributed by atoms with Crippen molar-refractivity contribution in [3.05, 3.63) is 182 Å². The van der Waals surface area contributed by atoms with E-state index in [-0.39, 0.29) is 0 Å². The summed E-state index contributed by atoms with van der Waals surface area (Å²) < 4.78 is 4.80. The third kappa shape index (κ3) is 4.43. The Morgan fingerprint density at radius 2 is 0.717 bits per heavy atom. The average molecular weight is 587 g/mol. The third-order valence-electron chi connectivity index (χ3n) is 9.09. The standard InChI is InChI=1S/C44H30N2/c1-4-13-32(14-5-1)41-29-37-22-20-35(27-43(37)45(41)39-18-8-3-9-19-39)36-21-23-38-30-42(33-15-6-2-7-16-33)46(44(38)28-36)40-25-24-31-12-10-11-17-34(31)26-40/h1-30H. The first-order chi connectivity index (χ1) is 22.8. The van der Waals surface area contributed by atoms with Gasteiger partial charge < -0.3 is 9.13 Å². The molecule has 9 rings (SSSR count). The van der Waals surface area contributed by atoms with Crippen LogP contribution in [0.2, 0.25) is 0 Å². The maximum atomic E-state index is 2.42. The van der Waals surface area contributed by atoms with E-state index in [9.17, 15) is 0 Å². The van der Waals surface area contributed by atoms with Crippen LogP contribution in [-0.4, -0.2) is 9.13 Å². The van der Waals surface area contributed by atoms with Gasteiger partial charge in [-0.1, -0.05) is 133 Å². The maximum Gasteiger partial charge on any atom is 0.0541 e. The Morgan fingerprint density at radius 1 is 0.261 bits per heavy atom. The highest BCUT2D eigenvalue weighted by Crippen LogP contribution is 2.37. The van der Waals surface area contributed by atoms with Crippen molar-refractivity contribution in [3.63, 3.8) is 0 Å². The number of para-hydroxylation sites is 1. The highest BCUT2D eigenvalue weighted by molar-refractivity contribution is 5.96. The second kappa shape index (κ2) is 10.8. The van der Waals surface area contributed by atoms with Gasteiger partial charge in [-0.05, 0) is 81.6 Å². The van der Waals surface area contributed by atoms with Crippen molar-refractivity contribution < 1.29 is 0 Å². The fourth-order valence-corrected chi connectivity index (χ4v) is 6.85. The van der Waals surface area contributed by atoms with Gasteiger partial charge in [0.05, 0.1) is 22.4 Å². The molecular formula is C44H30N2. The van der Waals surface area contributed by atoms with Gasteiger partial charge in [0.1, 0.15) is 0 Å². The van der Waals surface area contributed by atoms with Gasteiger partial charge >= 0.3 is 0 Å². The Hall–Kier alpha value is -6.12. The summed E-state index contributed by atoms with van der Waals surface area (Å²) in [5.41, 5.74) is 11.8. The number of nitrogens with zero attached hydrogens (tertiary/aromatic N) is 2. The van der Waals surface area contributed by atoms with Crippen LogP contribution in [-0.2, 0) is 0 Å². The number of aromatic nitrogens is 2. The number of hydrogen-bond acceptors (Lipinski definition) is 0. The van der Waals surface area contributed by atoms with Gasteiger partial charge in [0.25, 0.3) is 0 Å². The minimum absolute atomic E-state index is 1.15. The molecule has 0 saturated carbocycles. The first-order valence-electron chi connectivity index (χ1n) is 15.8. The molecule has 0 amide bonds. The van der Waals surface area contributed by atoms with Crippen molar-refractivity contribution in [2.75, 3.05) is 0 Å². The summed E-state index contributed by atoms with van der Waals surface area (Å²) in [6.45, 7) is 0. The molecule has 0 radical (unpaired) electrons. The minimum atomic E-state index is 1.15. The lowest BCUT2D eigenvalue weighted by Gasteiger charge is -2.14. The summed E-state index contributed by atoms with van der Waals surface area (Å²) in [5, 5.41) is 4.92. The summed E-state index contributed by atoms with van der Waals surface area (Å²) in [6, 6.07) is 65.8. The fraction of sp³-hybridized carbons (Fsp3) is 0. The lowest BCUT2D eigenvalue weighted by Crippen LogP contribution is -1.97. The summed E-state index contributed by atoms with van der Waals surface area (Å²) in [7, 11) is 0. The molecule has 0 saturated heterocycles. The highest BCUT2D eigenvalue weighted by Gasteiger charge is 2.16. The molecule has 0 fully saturated rings. The van der Waals surface area contributed by atoms with Crippen LogP contribution in [0.25, 0.3) is 77.6 Å². The van der Waals surface area contributed by atoms with Gasteiger partial charge in [-0.25, -0.2) is 0 Å². The van der Waals surface area contributed by atoms with Crippen LogP contribution in [0.3, 0.4) is 0 Å². The summed E-state index contributed by atoms with van der Waals surface area (Å²) in [6.07, 6.45) is 0. The molecule has 2 nitrogen and oxygen atoms in total. The Balaban J connectivity index is 1.26. The van der Waals surface area contributed by atoms with E-state index >= 15 is 0 Å². The van der Waals surface area contributed by atoms with E-state index in [4.69, 9.17) is 0 Å². The first kappa shape index (κ1) is 26.3. The van der Waals surface area contributed by atoms with E-state index in [2.05, 4.69) is 191 Å². The van der Waals surface area contributed by atoms with Crippen LogP contribution < -0.4 is 0 Å². The average Bonchev–Trinajstić information content (AvgIpc) is 3.71. The second-order valence-corrected chi connectivity index (χ2v) is 11.9. The second-order valence-electron chi connectivity index (χ2n) is 11.9. The summed E-state index contributed by atoms with van der Waals surface area (Å²) >= 11 is 0. The molecule has 2 aromatic heterocycles. The molecule has 0 aliphatic heterocycles. The van der Waals surface area contributed by atoms with Gasteiger partial charge in [0, 0.05) is 22.1 Å². The largest absolute Gasteiger partial charge is 0.309 e. The van der Waals surface area contributed by atoms with Crippen molar-refractivity contribution in [1.82, 2.24) is 9.13 Å². The number of fused-ring (bicyclic) bond motifs is 3.